The molecule has 0 aromatic rings. The number of rotatable bonds is 3. The second-order valence-electron chi connectivity index (χ2n) is 7.56. The zero-order valence-electron chi connectivity index (χ0n) is 13.5. The Morgan fingerprint density at radius 1 is 1.10 bits per heavy atom. The third-order valence-corrected chi connectivity index (χ3v) is 5.48. The van der Waals surface area contributed by atoms with E-state index in [1.165, 1.54) is 6.42 Å². The fourth-order valence-corrected chi connectivity index (χ4v) is 4.45. The van der Waals surface area contributed by atoms with Gasteiger partial charge in [0.1, 0.15) is 12.1 Å². The zero-order chi connectivity index (χ0) is 15.1. The highest BCUT2D eigenvalue weighted by Crippen LogP contribution is 2.38. The van der Waals surface area contributed by atoms with E-state index in [1.54, 1.807) is 0 Å². The van der Waals surface area contributed by atoms with Gasteiger partial charge in [0, 0.05) is 6.04 Å². The minimum atomic E-state index is -0.255. The lowest BCUT2D eigenvalue weighted by Gasteiger charge is -2.46. The van der Waals surface area contributed by atoms with Gasteiger partial charge in [-0.2, -0.15) is 0 Å². The topological polar surface area (TPSA) is 49.4 Å². The number of hydrogen-bond donors (Lipinski definition) is 1. The van der Waals surface area contributed by atoms with Gasteiger partial charge in [0.25, 0.3) is 0 Å². The molecular weight excluding hydrogens is 264 g/mol. The third kappa shape index (κ3) is 2.82. The van der Waals surface area contributed by atoms with Crippen LogP contribution in [0.2, 0.25) is 0 Å². The van der Waals surface area contributed by atoms with Crippen molar-refractivity contribution in [2.45, 2.75) is 77.4 Å². The Labute approximate surface area is 127 Å². The minimum absolute atomic E-state index is 0.0693. The summed E-state index contributed by atoms with van der Waals surface area (Å²) in [7, 11) is 0. The molecule has 3 fully saturated rings. The van der Waals surface area contributed by atoms with Crippen molar-refractivity contribution in [1.82, 2.24) is 10.2 Å². The van der Waals surface area contributed by atoms with Crippen molar-refractivity contribution in [3.05, 3.63) is 0 Å². The standard InChI is InChI=1S/C17H28N2O2/c1-4-14-16(20)18-15(12-5-6-12)17(21)19(14)13-8-10(2)7-11(3)9-13/h10-15H,4-9H2,1-3H3,(H,18,20). The molecule has 1 aliphatic heterocycles. The predicted octanol–water partition coefficient (Wildman–Crippen LogP) is 2.33. The molecule has 0 spiro atoms. The van der Waals surface area contributed by atoms with E-state index in [4.69, 9.17) is 0 Å². The molecule has 3 aliphatic rings. The lowest BCUT2D eigenvalue weighted by Crippen LogP contribution is -2.66. The van der Waals surface area contributed by atoms with Crippen molar-refractivity contribution in [1.29, 1.82) is 0 Å². The Kier molecular flexibility index (Phi) is 3.98. The van der Waals surface area contributed by atoms with Crippen molar-refractivity contribution in [2.24, 2.45) is 17.8 Å². The van der Waals surface area contributed by atoms with Crippen LogP contribution in [0.15, 0.2) is 0 Å². The van der Waals surface area contributed by atoms with Crippen LogP contribution in [0.25, 0.3) is 0 Å². The van der Waals surface area contributed by atoms with Crippen LogP contribution in [-0.2, 0) is 9.59 Å². The molecule has 0 bridgehead atoms. The number of amides is 2. The number of nitrogens with zero attached hydrogens (tertiary/aromatic N) is 1. The Morgan fingerprint density at radius 2 is 1.71 bits per heavy atom. The monoisotopic (exact) mass is 292 g/mol. The lowest BCUT2D eigenvalue weighted by molar-refractivity contribution is -0.154. The Morgan fingerprint density at radius 3 is 2.24 bits per heavy atom. The van der Waals surface area contributed by atoms with Crippen LogP contribution in [-0.4, -0.2) is 34.8 Å². The van der Waals surface area contributed by atoms with Crippen molar-refractivity contribution in [3.8, 4) is 0 Å². The van der Waals surface area contributed by atoms with Gasteiger partial charge in [0.05, 0.1) is 0 Å². The van der Waals surface area contributed by atoms with E-state index in [0.29, 0.717) is 24.2 Å². The summed E-state index contributed by atoms with van der Waals surface area (Å²) in [5, 5.41) is 2.99. The maximum atomic E-state index is 12.9. The molecule has 118 valence electrons. The van der Waals surface area contributed by atoms with Crippen molar-refractivity contribution in [2.75, 3.05) is 0 Å². The van der Waals surface area contributed by atoms with Crippen LogP contribution in [0.1, 0.15) is 59.3 Å². The molecule has 1 saturated heterocycles. The van der Waals surface area contributed by atoms with E-state index in [9.17, 15) is 9.59 Å². The van der Waals surface area contributed by atoms with Crippen LogP contribution in [0.3, 0.4) is 0 Å². The highest BCUT2D eigenvalue weighted by molar-refractivity contribution is 5.97. The fraction of sp³-hybridized carbons (Fsp3) is 0.882. The number of hydrogen-bond acceptors (Lipinski definition) is 2. The van der Waals surface area contributed by atoms with Crippen molar-refractivity contribution >= 4 is 11.8 Å². The van der Waals surface area contributed by atoms with Gasteiger partial charge >= 0.3 is 0 Å². The maximum absolute atomic E-state index is 12.9. The number of nitrogens with one attached hydrogen (secondary N) is 1. The first-order valence-corrected chi connectivity index (χ1v) is 8.63. The summed E-state index contributed by atoms with van der Waals surface area (Å²) in [5.41, 5.74) is 0. The van der Waals surface area contributed by atoms with Gasteiger partial charge in [-0.1, -0.05) is 20.8 Å². The smallest absolute Gasteiger partial charge is 0.246 e. The van der Waals surface area contributed by atoms with Crippen LogP contribution >= 0.6 is 0 Å². The first-order valence-electron chi connectivity index (χ1n) is 8.63. The number of piperazine rings is 1. The fourth-order valence-electron chi connectivity index (χ4n) is 4.45. The van der Waals surface area contributed by atoms with Gasteiger partial charge < -0.3 is 10.2 Å². The van der Waals surface area contributed by atoms with Gasteiger partial charge in [-0.3, -0.25) is 9.59 Å². The van der Waals surface area contributed by atoms with E-state index in [-0.39, 0.29) is 29.9 Å². The summed E-state index contributed by atoms with van der Waals surface area (Å²) in [6, 6.07) is -0.240. The Hall–Kier alpha value is -1.06. The second-order valence-corrected chi connectivity index (χ2v) is 7.56. The van der Waals surface area contributed by atoms with E-state index in [2.05, 4.69) is 19.2 Å². The van der Waals surface area contributed by atoms with Gasteiger partial charge in [0.15, 0.2) is 0 Å². The predicted molar refractivity (Wildman–Crippen MR) is 81.5 cm³/mol. The van der Waals surface area contributed by atoms with Gasteiger partial charge in [-0.25, -0.2) is 0 Å². The Balaban J connectivity index is 1.83. The molecule has 1 N–H and O–H groups in total. The largest absolute Gasteiger partial charge is 0.342 e. The van der Waals surface area contributed by atoms with Gasteiger partial charge in [-0.15, -0.1) is 0 Å². The van der Waals surface area contributed by atoms with E-state index in [1.807, 2.05) is 11.8 Å². The van der Waals surface area contributed by atoms with Crippen LogP contribution < -0.4 is 5.32 Å². The molecule has 21 heavy (non-hydrogen) atoms. The van der Waals surface area contributed by atoms with E-state index in [0.717, 1.165) is 25.7 Å². The SMILES string of the molecule is CCC1C(=O)NC(C2CC2)C(=O)N1C1CC(C)CC(C)C1. The summed E-state index contributed by atoms with van der Waals surface area (Å²) in [4.78, 5) is 27.4. The van der Waals surface area contributed by atoms with E-state index >= 15 is 0 Å². The lowest BCUT2D eigenvalue weighted by atomic mass is 9.78. The van der Waals surface area contributed by atoms with Gasteiger partial charge in [-0.05, 0) is 56.3 Å². The average Bonchev–Trinajstić information content (AvgIpc) is 3.23. The molecular formula is C17H28N2O2. The first-order chi connectivity index (χ1) is 10.0. The quantitative estimate of drug-likeness (QED) is 0.868. The summed E-state index contributed by atoms with van der Waals surface area (Å²) >= 11 is 0. The molecule has 3 rings (SSSR count). The zero-order valence-corrected chi connectivity index (χ0v) is 13.5. The molecule has 4 heteroatoms. The van der Waals surface area contributed by atoms with Gasteiger partial charge in [0.2, 0.25) is 11.8 Å². The molecule has 2 amide bonds. The normalized spacial score (nSPS) is 41.1. The average molecular weight is 292 g/mol. The van der Waals surface area contributed by atoms with Crippen LogP contribution in [0.4, 0.5) is 0 Å². The summed E-state index contributed by atoms with van der Waals surface area (Å²) in [6.07, 6.45) is 6.23. The molecule has 0 aromatic heterocycles. The van der Waals surface area contributed by atoms with E-state index < -0.39 is 0 Å². The number of carbonyl (C=O) groups excluding carboxylic acids is 2. The maximum Gasteiger partial charge on any atom is 0.246 e. The van der Waals surface area contributed by atoms with Crippen LogP contribution in [0, 0.1) is 17.8 Å². The van der Waals surface area contributed by atoms with Crippen LogP contribution in [0.5, 0.6) is 0 Å². The second kappa shape index (κ2) is 5.62. The van der Waals surface area contributed by atoms with Crippen molar-refractivity contribution < 1.29 is 9.59 Å². The first kappa shape index (κ1) is 14.9. The molecule has 2 aliphatic carbocycles. The summed E-state index contributed by atoms with van der Waals surface area (Å²) in [5.74, 6) is 1.94. The highest BCUT2D eigenvalue weighted by atomic mass is 16.2. The highest BCUT2D eigenvalue weighted by Gasteiger charge is 2.49. The molecule has 0 aromatic carbocycles. The molecule has 2 saturated carbocycles. The minimum Gasteiger partial charge on any atom is -0.342 e. The molecule has 4 atom stereocenters. The molecule has 1 heterocycles. The molecule has 4 unspecified atom stereocenters. The summed E-state index contributed by atoms with van der Waals surface area (Å²) in [6.45, 7) is 6.56. The number of carbonyl (C=O) groups is 2. The Bertz CT molecular complexity index is 423. The molecule has 4 nitrogen and oxygen atoms in total. The molecule has 0 radical (unpaired) electrons. The summed E-state index contributed by atoms with van der Waals surface area (Å²) < 4.78 is 0. The third-order valence-electron chi connectivity index (χ3n) is 5.48. The van der Waals surface area contributed by atoms with Crippen molar-refractivity contribution in [3.63, 3.8) is 0 Å².